The second-order valence-electron chi connectivity index (χ2n) is 7.69. The van der Waals surface area contributed by atoms with Gasteiger partial charge in [0.15, 0.2) is 0 Å². The third-order valence-electron chi connectivity index (χ3n) is 5.08. The van der Waals surface area contributed by atoms with Gasteiger partial charge in [0.1, 0.15) is 11.5 Å². The number of ether oxygens (including phenoxy) is 1. The molecule has 0 saturated heterocycles. The molecule has 182 valence electrons. The predicted octanol–water partition coefficient (Wildman–Crippen LogP) is 4.89. The van der Waals surface area contributed by atoms with Crippen LogP contribution in [0.3, 0.4) is 0 Å². The molecule has 2 amide bonds. The number of carbonyl (C=O) groups excluding carboxylic acids is 2. The minimum absolute atomic E-state index is 0.0800. The van der Waals surface area contributed by atoms with Crippen LogP contribution in [0.15, 0.2) is 108 Å². The van der Waals surface area contributed by atoms with Crippen molar-refractivity contribution < 1.29 is 22.7 Å². The number of para-hydroxylation sites is 1. The molecule has 36 heavy (non-hydrogen) atoms. The molecule has 9 heteroatoms. The van der Waals surface area contributed by atoms with Crippen molar-refractivity contribution in [3.63, 3.8) is 0 Å². The summed E-state index contributed by atoms with van der Waals surface area (Å²) in [6.07, 6.45) is 0. The van der Waals surface area contributed by atoms with Gasteiger partial charge in [0.25, 0.3) is 21.8 Å². The fourth-order valence-corrected chi connectivity index (χ4v) is 4.45. The molecule has 0 fully saturated rings. The van der Waals surface area contributed by atoms with Crippen LogP contribution in [-0.2, 0) is 10.0 Å². The summed E-state index contributed by atoms with van der Waals surface area (Å²) in [5, 5.41) is 5.21. The molecule has 8 nitrogen and oxygen atoms in total. The number of rotatable bonds is 8. The van der Waals surface area contributed by atoms with Gasteiger partial charge in [-0.1, -0.05) is 36.4 Å². The van der Waals surface area contributed by atoms with Crippen LogP contribution in [0.1, 0.15) is 20.7 Å². The van der Waals surface area contributed by atoms with Crippen molar-refractivity contribution in [3.05, 3.63) is 114 Å². The molecule has 0 aromatic heterocycles. The van der Waals surface area contributed by atoms with Crippen LogP contribution in [0.2, 0.25) is 0 Å². The maximum Gasteiger partial charge on any atom is 0.261 e. The Balaban J connectivity index is 1.50. The maximum atomic E-state index is 13.0. The lowest BCUT2D eigenvalue weighted by molar-refractivity contribution is 0.0961. The van der Waals surface area contributed by atoms with E-state index in [1.165, 1.54) is 37.4 Å². The van der Waals surface area contributed by atoms with E-state index < -0.39 is 15.9 Å². The lowest BCUT2D eigenvalue weighted by atomic mass is 10.1. The molecule has 4 aromatic rings. The van der Waals surface area contributed by atoms with Gasteiger partial charge in [0, 0.05) is 29.9 Å². The molecule has 0 aliphatic carbocycles. The van der Waals surface area contributed by atoms with Gasteiger partial charge in [-0.25, -0.2) is 8.42 Å². The van der Waals surface area contributed by atoms with Crippen LogP contribution < -0.4 is 20.1 Å². The van der Waals surface area contributed by atoms with Crippen molar-refractivity contribution in [2.75, 3.05) is 17.1 Å². The fourth-order valence-electron chi connectivity index (χ4n) is 3.35. The highest BCUT2D eigenvalue weighted by molar-refractivity contribution is 7.92. The summed E-state index contributed by atoms with van der Waals surface area (Å²) in [7, 11) is -2.48. The molecular weight excluding hydrogens is 478 g/mol. The zero-order valence-electron chi connectivity index (χ0n) is 19.3. The normalized spacial score (nSPS) is 10.8. The third-order valence-corrected chi connectivity index (χ3v) is 6.46. The average Bonchev–Trinajstić information content (AvgIpc) is 2.89. The van der Waals surface area contributed by atoms with Gasteiger partial charge in [-0.3, -0.25) is 14.3 Å². The smallest absolute Gasteiger partial charge is 0.261 e. The average molecular weight is 502 g/mol. The maximum absolute atomic E-state index is 13.0. The van der Waals surface area contributed by atoms with E-state index in [0.29, 0.717) is 28.4 Å². The van der Waals surface area contributed by atoms with Crippen LogP contribution in [0, 0.1) is 0 Å². The molecule has 0 bridgehead atoms. The summed E-state index contributed by atoms with van der Waals surface area (Å²) in [5.41, 5.74) is 1.24. The zero-order valence-corrected chi connectivity index (χ0v) is 20.1. The Labute approximate surface area is 209 Å². The Morgan fingerprint density at radius 1 is 0.667 bits per heavy atom. The Bertz CT molecular complexity index is 1500. The minimum Gasteiger partial charge on any atom is -0.457 e. The van der Waals surface area contributed by atoms with E-state index in [0.717, 1.165) is 0 Å². The van der Waals surface area contributed by atoms with Gasteiger partial charge in [0.05, 0.1) is 10.6 Å². The topological polar surface area (TPSA) is 114 Å². The van der Waals surface area contributed by atoms with Gasteiger partial charge in [-0.05, 0) is 60.7 Å². The monoisotopic (exact) mass is 501 g/mol. The molecule has 3 N–H and O–H groups in total. The second-order valence-corrected chi connectivity index (χ2v) is 9.37. The molecule has 0 atom stereocenters. The number of benzene rings is 4. The summed E-state index contributed by atoms with van der Waals surface area (Å²) in [4.78, 5) is 24.5. The van der Waals surface area contributed by atoms with Gasteiger partial charge in [-0.2, -0.15) is 0 Å². The fraction of sp³-hybridized carbons (Fsp3) is 0.0370. The van der Waals surface area contributed by atoms with Crippen molar-refractivity contribution >= 4 is 33.2 Å². The molecule has 0 spiro atoms. The Hall–Kier alpha value is -4.63. The summed E-state index contributed by atoms with van der Waals surface area (Å²) in [5.74, 6) is 0.286. The summed E-state index contributed by atoms with van der Waals surface area (Å²) >= 11 is 0. The number of carbonyl (C=O) groups is 2. The van der Waals surface area contributed by atoms with Gasteiger partial charge in [-0.15, -0.1) is 0 Å². The summed E-state index contributed by atoms with van der Waals surface area (Å²) in [6, 6.07) is 27.8. The van der Waals surface area contributed by atoms with E-state index in [-0.39, 0.29) is 16.4 Å². The number of amides is 2. The lowest BCUT2D eigenvalue weighted by Crippen LogP contribution is -2.18. The zero-order chi connectivity index (χ0) is 25.5. The van der Waals surface area contributed by atoms with Crippen molar-refractivity contribution in [2.45, 2.75) is 4.90 Å². The molecule has 0 unspecified atom stereocenters. The standard InChI is InChI=1S/C27H23N3O5S/c1-28-26(31)19-8-5-10-21(16-19)29-27(32)20-9-6-15-25(17-20)36(33,34)30-22-11-7-14-24(18-22)35-23-12-3-2-4-13-23/h2-18,30H,1H3,(H,28,31)(H,29,32). The molecule has 0 aliphatic heterocycles. The molecule has 0 heterocycles. The van der Waals surface area contributed by atoms with E-state index in [9.17, 15) is 18.0 Å². The third kappa shape index (κ3) is 6.08. The van der Waals surface area contributed by atoms with E-state index in [4.69, 9.17) is 4.74 Å². The Morgan fingerprint density at radius 3 is 2.06 bits per heavy atom. The SMILES string of the molecule is CNC(=O)c1cccc(NC(=O)c2cccc(S(=O)(=O)Nc3cccc(Oc4ccccc4)c3)c2)c1. The van der Waals surface area contributed by atoms with E-state index in [2.05, 4.69) is 15.4 Å². The quantitative estimate of drug-likeness (QED) is 0.318. The van der Waals surface area contributed by atoms with Crippen molar-refractivity contribution in [3.8, 4) is 11.5 Å². The Morgan fingerprint density at radius 2 is 1.31 bits per heavy atom. The Kier molecular flexibility index (Phi) is 7.31. The molecule has 0 aliphatic rings. The van der Waals surface area contributed by atoms with Gasteiger partial charge >= 0.3 is 0 Å². The molecule has 4 aromatic carbocycles. The van der Waals surface area contributed by atoms with E-state index >= 15 is 0 Å². The van der Waals surface area contributed by atoms with Crippen molar-refractivity contribution in [1.82, 2.24) is 5.32 Å². The molecule has 4 rings (SSSR count). The minimum atomic E-state index is -3.99. The van der Waals surface area contributed by atoms with Crippen LogP contribution in [0.25, 0.3) is 0 Å². The molecular formula is C27H23N3O5S. The van der Waals surface area contributed by atoms with E-state index in [1.807, 2.05) is 18.2 Å². The summed E-state index contributed by atoms with van der Waals surface area (Å²) in [6.45, 7) is 0. The first-order chi connectivity index (χ1) is 17.3. The number of sulfonamides is 1. The highest BCUT2D eigenvalue weighted by atomic mass is 32.2. The number of nitrogens with one attached hydrogen (secondary N) is 3. The number of anilines is 2. The first-order valence-corrected chi connectivity index (χ1v) is 12.4. The molecule has 0 saturated carbocycles. The van der Waals surface area contributed by atoms with Crippen LogP contribution in [0.4, 0.5) is 11.4 Å². The first kappa shape index (κ1) is 24.5. The number of hydrogen-bond acceptors (Lipinski definition) is 5. The van der Waals surface area contributed by atoms with Crippen LogP contribution in [0.5, 0.6) is 11.5 Å². The first-order valence-electron chi connectivity index (χ1n) is 10.9. The largest absolute Gasteiger partial charge is 0.457 e. The van der Waals surface area contributed by atoms with Crippen LogP contribution >= 0.6 is 0 Å². The lowest BCUT2D eigenvalue weighted by Gasteiger charge is -2.12. The van der Waals surface area contributed by atoms with Gasteiger partial charge in [0.2, 0.25) is 0 Å². The summed E-state index contributed by atoms with van der Waals surface area (Å²) < 4.78 is 34.3. The predicted molar refractivity (Wildman–Crippen MR) is 138 cm³/mol. The highest BCUT2D eigenvalue weighted by Gasteiger charge is 2.17. The van der Waals surface area contributed by atoms with Crippen LogP contribution in [-0.4, -0.2) is 27.3 Å². The van der Waals surface area contributed by atoms with E-state index in [1.54, 1.807) is 54.6 Å². The number of hydrogen-bond donors (Lipinski definition) is 3. The van der Waals surface area contributed by atoms with Crippen molar-refractivity contribution in [1.29, 1.82) is 0 Å². The highest BCUT2D eigenvalue weighted by Crippen LogP contribution is 2.25. The van der Waals surface area contributed by atoms with Gasteiger partial charge < -0.3 is 15.4 Å². The molecule has 0 radical (unpaired) electrons. The second kappa shape index (κ2) is 10.7. The van der Waals surface area contributed by atoms with Crippen molar-refractivity contribution in [2.24, 2.45) is 0 Å².